The monoisotopic (exact) mass is 202 g/mol. The molecule has 0 aromatic rings. The maximum atomic E-state index is 11.5. The van der Waals surface area contributed by atoms with Crippen molar-refractivity contribution in [3.8, 4) is 0 Å². The molecular formula is C9H18N2O3. The maximum Gasteiger partial charge on any atom is 0.321 e. The fourth-order valence-electron chi connectivity index (χ4n) is 0.786. The minimum Gasteiger partial charge on any atom is -0.480 e. The molecule has 1 atom stereocenters. The number of nitrogens with two attached hydrogens (primary N) is 1. The first kappa shape index (κ1) is 12.9. The van der Waals surface area contributed by atoms with Crippen LogP contribution in [-0.4, -0.2) is 40.5 Å². The van der Waals surface area contributed by atoms with E-state index in [9.17, 15) is 9.59 Å². The van der Waals surface area contributed by atoms with Crippen molar-refractivity contribution in [2.75, 3.05) is 7.05 Å². The van der Waals surface area contributed by atoms with Gasteiger partial charge in [-0.05, 0) is 20.8 Å². The van der Waals surface area contributed by atoms with Gasteiger partial charge in [-0.25, -0.2) is 0 Å². The molecule has 5 heteroatoms. The lowest BCUT2D eigenvalue weighted by molar-refractivity contribution is -0.143. The molecule has 1 unspecified atom stereocenters. The molecule has 0 bridgehead atoms. The summed E-state index contributed by atoms with van der Waals surface area (Å²) in [4.78, 5) is 23.4. The van der Waals surface area contributed by atoms with Crippen molar-refractivity contribution < 1.29 is 14.7 Å². The van der Waals surface area contributed by atoms with E-state index in [4.69, 9.17) is 10.8 Å². The molecule has 0 heterocycles. The zero-order valence-electron chi connectivity index (χ0n) is 9.07. The third kappa shape index (κ3) is 3.74. The second-order valence-corrected chi connectivity index (χ2v) is 4.27. The lowest BCUT2D eigenvalue weighted by Crippen LogP contribution is -2.45. The first-order chi connectivity index (χ1) is 6.16. The summed E-state index contributed by atoms with van der Waals surface area (Å²) in [6.45, 7) is 5.62. The van der Waals surface area contributed by atoms with Crippen LogP contribution in [0.4, 0.5) is 0 Å². The zero-order valence-corrected chi connectivity index (χ0v) is 9.07. The van der Waals surface area contributed by atoms with Crippen LogP contribution >= 0.6 is 0 Å². The summed E-state index contributed by atoms with van der Waals surface area (Å²) in [5, 5.41) is 8.52. The Hall–Kier alpha value is -1.10. The second kappa shape index (κ2) is 4.41. The lowest BCUT2D eigenvalue weighted by Gasteiger charge is -2.32. The Morgan fingerprint density at radius 2 is 1.86 bits per heavy atom. The SMILES string of the molecule is CN(C(=O)CC(N)C(=O)O)C(C)(C)C. The minimum absolute atomic E-state index is 0.164. The number of hydrogen-bond acceptors (Lipinski definition) is 3. The molecular weight excluding hydrogens is 184 g/mol. The van der Waals surface area contributed by atoms with Gasteiger partial charge in [0.25, 0.3) is 0 Å². The van der Waals surface area contributed by atoms with Gasteiger partial charge in [-0.15, -0.1) is 0 Å². The second-order valence-electron chi connectivity index (χ2n) is 4.27. The van der Waals surface area contributed by atoms with Crippen molar-refractivity contribution in [1.29, 1.82) is 0 Å². The minimum atomic E-state index is -1.15. The smallest absolute Gasteiger partial charge is 0.321 e. The average Bonchev–Trinajstić information content (AvgIpc) is 2.00. The van der Waals surface area contributed by atoms with Crippen LogP contribution in [0.3, 0.4) is 0 Å². The van der Waals surface area contributed by atoms with Crippen molar-refractivity contribution in [3.05, 3.63) is 0 Å². The van der Waals surface area contributed by atoms with Gasteiger partial charge in [-0.2, -0.15) is 0 Å². The number of hydrogen-bond donors (Lipinski definition) is 2. The number of nitrogens with zero attached hydrogens (tertiary/aromatic N) is 1. The number of carboxylic acids is 1. The zero-order chi connectivity index (χ0) is 11.5. The average molecular weight is 202 g/mol. The highest BCUT2D eigenvalue weighted by Gasteiger charge is 2.25. The maximum absolute atomic E-state index is 11.5. The molecule has 0 aromatic carbocycles. The lowest BCUT2D eigenvalue weighted by atomic mass is 10.1. The van der Waals surface area contributed by atoms with Crippen molar-refractivity contribution in [1.82, 2.24) is 4.90 Å². The van der Waals surface area contributed by atoms with Crippen molar-refractivity contribution in [2.45, 2.75) is 38.8 Å². The van der Waals surface area contributed by atoms with E-state index in [1.54, 1.807) is 7.05 Å². The molecule has 0 aromatic heterocycles. The fraction of sp³-hybridized carbons (Fsp3) is 0.778. The van der Waals surface area contributed by atoms with Crippen LogP contribution < -0.4 is 5.73 Å². The van der Waals surface area contributed by atoms with E-state index in [-0.39, 0.29) is 17.9 Å². The molecule has 0 fully saturated rings. The quantitative estimate of drug-likeness (QED) is 0.677. The molecule has 82 valence electrons. The van der Waals surface area contributed by atoms with Crippen LogP contribution in [-0.2, 0) is 9.59 Å². The van der Waals surface area contributed by atoms with Crippen LogP contribution in [0.1, 0.15) is 27.2 Å². The summed E-state index contributed by atoms with van der Waals surface area (Å²) in [5.74, 6) is -1.41. The molecule has 0 aliphatic carbocycles. The van der Waals surface area contributed by atoms with Gasteiger partial charge in [0.1, 0.15) is 6.04 Å². The Kier molecular flexibility index (Phi) is 4.07. The Bertz CT molecular complexity index is 233. The van der Waals surface area contributed by atoms with E-state index in [0.29, 0.717) is 0 Å². The predicted octanol–water partition coefficient (Wildman–Crippen LogP) is 0.0453. The molecule has 0 spiro atoms. The van der Waals surface area contributed by atoms with Crippen LogP contribution in [0.2, 0.25) is 0 Å². The highest BCUT2D eigenvalue weighted by molar-refractivity contribution is 5.84. The van der Waals surface area contributed by atoms with Crippen LogP contribution in [0.15, 0.2) is 0 Å². The van der Waals surface area contributed by atoms with E-state index < -0.39 is 12.0 Å². The van der Waals surface area contributed by atoms with Crippen molar-refractivity contribution >= 4 is 11.9 Å². The largest absolute Gasteiger partial charge is 0.480 e. The molecule has 0 radical (unpaired) electrons. The number of rotatable bonds is 3. The van der Waals surface area contributed by atoms with E-state index in [0.717, 1.165) is 0 Å². The van der Waals surface area contributed by atoms with E-state index >= 15 is 0 Å². The highest BCUT2D eigenvalue weighted by atomic mass is 16.4. The molecule has 0 aliphatic heterocycles. The Labute approximate surface area is 83.9 Å². The Balaban J connectivity index is 4.29. The third-order valence-electron chi connectivity index (χ3n) is 2.09. The Morgan fingerprint density at radius 1 is 1.43 bits per heavy atom. The molecule has 0 saturated heterocycles. The first-order valence-electron chi connectivity index (χ1n) is 4.41. The van der Waals surface area contributed by atoms with Gasteiger partial charge in [0, 0.05) is 12.6 Å². The highest BCUT2D eigenvalue weighted by Crippen LogP contribution is 2.12. The van der Waals surface area contributed by atoms with E-state index in [1.165, 1.54) is 4.90 Å². The van der Waals surface area contributed by atoms with Crippen LogP contribution in [0, 0.1) is 0 Å². The summed E-state index contributed by atoms with van der Waals surface area (Å²) in [6.07, 6.45) is -0.164. The number of amides is 1. The van der Waals surface area contributed by atoms with E-state index in [2.05, 4.69) is 0 Å². The number of aliphatic carboxylic acids is 1. The van der Waals surface area contributed by atoms with Gasteiger partial charge >= 0.3 is 5.97 Å². The fourth-order valence-corrected chi connectivity index (χ4v) is 0.786. The van der Waals surface area contributed by atoms with Gasteiger partial charge in [-0.3, -0.25) is 9.59 Å². The topological polar surface area (TPSA) is 83.6 Å². The number of carbonyl (C=O) groups excluding carboxylic acids is 1. The summed E-state index contributed by atoms with van der Waals surface area (Å²) in [5.41, 5.74) is 4.94. The van der Waals surface area contributed by atoms with Gasteiger partial charge in [0.05, 0.1) is 6.42 Å². The summed E-state index contributed by atoms with van der Waals surface area (Å²) in [7, 11) is 1.64. The number of carbonyl (C=O) groups is 2. The van der Waals surface area contributed by atoms with Gasteiger partial charge in [0.2, 0.25) is 5.91 Å². The van der Waals surface area contributed by atoms with Crippen molar-refractivity contribution in [3.63, 3.8) is 0 Å². The van der Waals surface area contributed by atoms with Crippen LogP contribution in [0.5, 0.6) is 0 Å². The van der Waals surface area contributed by atoms with E-state index in [1.807, 2.05) is 20.8 Å². The van der Waals surface area contributed by atoms with Crippen molar-refractivity contribution in [2.24, 2.45) is 5.73 Å². The first-order valence-corrected chi connectivity index (χ1v) is 4.41. The molecule has 0 aliphatic rings. The predicted molar refractivity (Wildman–Crippen MR) is 52.8 cm³/mol. The summed E-state index contributed by atoms with van der Waals surface area (Å²) < 4.78 is 0. The third-order valence-corrected chi connectivity index (χ3v) is 2.09. The van der Waals surface area contributed by atoms with Crippen LogP contribution in [0.25, 0.3) is 0 Å². The molecule has 1 amide bonds. The Morgan fingerprint density at radius 3 is 2.14 bits per heavy atom. The standard InChI is InChI=1S/C9H18N2O3/c1-9(2,3)11(4)7(12)5-6(10)8(13)14/h6H,5,10H2,1-4H3,(H,13,14). The normalized spacial score (nSPS) is 13.5. The van der Waals surface area contributed by atoms with Gasteiger partial charge in [-0.1, -0.05) is 0 Å². The summed E-state index contributed by atoms with van der Waals surface area (Å²) >= 11 is 0. The molecule has 14 heavy (non-hydrogen) atoms. The molecule has 3 N–H and O–H groups in total. The molecule has 0 saturated carbocycles. The van der Waals surface area contributed by atoms with Gasteiger partial charge in [0.15, 0.2) is 0 Å². The van der Waals surface area contributed by atoms with Gasteiger partial charge < -0.3 is 15.7 Å². The summed E-state index contributed by atoms with van der Waals surface area (Å²) in [6, 6.07) is -1.12. The molecule has 0 rings (SSSR count). The number of carboxylic acid groups (broad SMARTS) is 1. The molecule has 5 nitrogen and oxygen atoms in total.